The van der Waals surface area contributed by atoms with E-state index in [0.29, 0.717) is 27.7 Å². The molecular formula is C14H9F3O2. The van der Waals surface area contributed by atoms with Gasteiger partial charge in [0.05, 0.1) is 12.7 Å². The van der Waals surface area contributed by atoms with Crippen molar-refractivity contribution in [3.8, 4) is 5.75 Å². The highest BCUT2D eigenvalue weighted by Crippen LogP contribution is 2.38. The highest BCUT2D eigenvalue weighted by molar-refractivity contribution is 6.07. The summed E-state index contributed by atoms with van der Waals surface area (Å²) in [5, 5.41) is 1.05. The van der Waals surface area contributed by atoms with Crippen LogP contribution >= 0.6 is 0 Å². The summed E-state index contributed by atoms with van der Waals surface area (Å²) in [6, 6.07) is 8.57. The molecule has 0 aliphatic heterocycles. The van der Waals surface area contributed by atoms with E-state index < -0.39 is 11.7 Å². The first-order valence-corrected chi connectivity index (χ1v) is 5.57. The van der Waals surface area contributed by atoms with Crippen LogP contribution in [0.1, 0.15) is 5.56 Å². The van der Waals surface area contributed by atoms with E-state index >= 15 is 0 Å². The lowest BCUT2D eigenvalue weighted by molar-refractivity contribution is -0.137. The number of hydrogen-bond donors (Lipinski definition) is 0. The molecule has 2 nitrogen and oxygen atoms in total. The number of rotatable bonds is 1. The number of ether oxygens (including phenoxy) is 1. The Morgan fingerprint density at radius 2 is 1.84 bits per heavy atom. The van der Waals surface area contributed by atoms with Gasteiger partial charge in [0, 0.05) is 10.8 Å². The minimum atomic E-state index is -4.36. The standard InChI is InChI=1S/C14H9F3O2/c1-18-12-4-2-3-9-10-7-8(14(15,16)17)5-6-11(10)19-13(9)12/h2-7H,1H3. The van der Waals surface area contributed by atoms with Crippen molar-refractivity contribution in [1.82, 2.24) is 0 Å². The maximum Gasteiger partial charge on any atom is 0.416 e. The van der Waals surface area contributed by atoms with E-state index in [1.165, 1.54) is 13.2 Å². The van der Waals surface area contributed by atoms with Gasteiger partial charge in [0.25, 0.3) is 0 Å². The van der Waals surface area contributed by atoms with Crippen LogP contribution in [0.15, 0.2) is 40.8 Å². The van der Waals surface area contributed by atoms with Gasteiger partial charge in [0.1, 0.15) is 5.58 Å². The molecule has 0 amide bonds. The molecule has 3 rings (SSSR count). The first-order chi connectivity index (χ1) is 9.00. The number of fused-ring (bicyclic) bond motifs is 3. The zero-order chi connectivity index (χ0) is 13.6. The monoisotopic (exact) mass is 266 g/mol. The van der Waals surface area contributed by atoms with Gasteiger partial charge in [0.2, 0.25) is 0 Å². The SMILES string of the molecule is COc1cccc2c1oc1ccc(C(F)(F)F)cc12. The van der Waals surface area contributed by atoms with Crippen LogP contribution in [-0.2, 0) is 6.18 Å². The summed E-state index contributed by atoms with van der Waals surface area (Å²) < 4.78 is 48.8. The van der Waals surface area contributed by atoms with E-state index in [1.807, 2.05) is 0 Å². The smallest absolute Gasteiger partial charge is 0.416 e. The average Bonchev–Trinajstić information content (AvgIpc) is 2.75. The fraction of sp³-hybridized carbons (Fsp3) is 0.143. The molecule has 5 heteroatoms. The van der Waals surface area contributed by atoms with Gasteiger partial charge in [0.15, 0.2) is 11.3 Å². The third-order valence-corrected chi connectivity index (χ3v) is 3.01. The van der Waals surface area contributed by atoms with Gasteiger partial charge in [-0.25, -0.2) is 0 Å². The number of furan rings is 1. The molecule has 0 saturated carbocycles. The van der Waals surface area contributed by atoms with Gasteiger partial charge in [-0.2, -0.15) is 13.2 Å². The molecule has 0 aliphatic rings. The minimum absolute atomic E-state index is 0.410. The Morgan fingerprint density at radius 3 is 2.53 bits per heavy atom. The van der Waals surface area contributed by atoms with E-state index in [4.69, 9.17) is 9.15 Å². The molecule has 0 bridgehead atoms. The lowest BCUT2D eigenvalue weighted by atomic mass is 10.1. The summed E-state index contributed by atoms with van der Waals surface area (Å²) in [6.07, 6.45) is -4.36. The second-order valence-corrected chi connectivity index (χ2v) is 4.15. The van der Waals surface area contributed by atoms with E-state index in [-0.39, 0.29) is 0 Å². The number of methoxy groups -OCH3 is 1. The molecular weight excluding hydrogens is 257 g/mol. The Labute approximate surface area is 106 Å². The van der Waals surface area contributed by atoms with Gasteiger partial charge in [-0.3, -0.25) is 0 Å². The van der Waals surface area contributed by atoms with Crippen LogP contribution in [0.5, 0.6) is 5.75 Å². The average molecular weight is 266 g/mol. The molecule has 98 valence electrons. The molecule has 0 fully saturated rings. The number of hydrogen-bond acceptors (Lipinski definition) is 2. The topological polar surface area (TPSA) is 22.4 Å². The molecule has 2 aromatic carbocycles. The van der Waals surface area contributed by atoms with E-state index in [2.05, 4.69) is 0 Å². The van der Waals surface area contributed by atoms with Crippen molar-refractivity contribution in [1.29, 1.82) is 0 Å². The van der Waals surface area contributed by atoms with Crippen LogP contribution < -0.4 is 4.74 Å². The van der Waals surface area contributed by atoms with E-state index in [0.717, 1.165) is 12.1 Å². The van der Waals surface area contributed by atoms with Crippen molar-refractivity contribution in [2.75, 3.05) is 7.11 Å². The summed E-state index contributed by atoms with van der Waals surface area (Å²) in [4.78, 5) is 0. The first-order valence-electron chi connectivity index (χ1n) is 5.57. The third kappa shape index (κ3) is 1.82. The van der Waals surface area contributed by atoms with Gasteiger partial charge >= 0.3 is 6.18 Å². The zero-order valence-electron chi connectivity index (χ0n) is 9.91. The summed E-state index contributed by atoms with van der Waals surface area (Å²) in [5.74, 6) is 0.502. The summed E-state index contributed by atoms with van der Waals surface area (Å²) >= 11 is 0. The largest absolute Gasteiger partial charge is 0.493 e. The normalized spacial score (nSPS) is 12.2. The lowest BCUT2D eigenvalue weighted by Gasteiger charge is -2.05. The van der Waals surface area contributed by atoms with Crippen molar-refractivity contribution >= 4 is 21.9 Å². The second kappa shape index (κ2) is 3.91. The summed E-state index contributed by atoms with van der Waals surface area (Å²) in [6.45, 7) is 0. The summed E-state index contributed by atoms with van der Waals surface area (Å²) in [7, 11) is 1.49. The predicted molar refractivity (Wildman–Crippen MR) is 65.3 cm³/mol. The minimum Gasteiger partial charge on any atom is -0.493 e. The van der Waals surface area contributed by atoms with Crippen molar-refractivity contribution in [3.63, 3.8) is 0 Å². The Kier molecular flexibility index (Phi) is 2.45. The zero-order valence-corrected chi connectivity index (χ0v) is 9.91. The molecule has 0 atom stereocenters. The van der Waals surface area contributed by atoms with Gasteiger partial charge in [-0.1, -0.05) is 12.1 Å². The third-order valence-electron chi connectivity index (χ3n) is 3.01. The number of halogens is 3. The van der Waals surface area contributed by atoms with Crippen LogP contribution in [0.25, 0.3) is 21.9 Å². The van der Waals surface area contributed by atoms with Crippen molar-refractivity contribution in [3.05, 3.63) is 42.0 Å². The van der Waals surface area contributed by atoms with Crippen LogP contribution in [0.2, 0.25) is 0 Å². The Balaban J connectivity index is 2.36. The lowest BCUT2D eigenvalue weighted by Crippen LogP contribution is -2.03. The van der Waals surface area contributed by atoms with Crippen molar-refractivity contribution in [2.24, 2.45) is 0 Å². The van der Waals surface area contributed by atoms with Crippen molar-refractivity contribution in [2.45, 2.75) is 6.18 Å². The number of para-hydroxylation sites is 1. The fourth-order valence-electron chi connectivity index (χ4n) is 2.11. The predicted octanol–water partition coefficient (Wildman–Crippen LogP) is 4.61. The maximum atomic E-state index is 12.7. The molecule has 0 aliphatic carbocycles. The summed E-state index contributed by atoms with van der Waals surface area (Å²) in [5.41, 5.74) is 0.178. The van der Waals surface area contributed by atoms with Crippen LogP contribution in [0, 0.1) is 0 Å². The van der Waals surface area contributed by atoms with E-state index in [9.17, 15) is 13.2 Å². The van der Waals surface area contributed by atoms with Crippen molar-refractivity contribution < 1.29 is 22.3 Å². The molecule has 1 aromatic heterocycles. The first kappa shape index (κ1) is 11.9. The molecule has 3 aromatic rings. The maximum absolute atomic E-state index is 12.7. The number of alkyl halides is 3. The molecule has 19 heavy (non-hydrogen) atoms. The van der Waals surface area contributed by atoms with Crippen LogP contribution in [-0.4, -0.2) is 7.11 Å². The Hall–Kier alpha value is -2.17. The quantitative estimate of drug-likeness (QED) is 0.641. The van der Waals surface area contributed by atoms with Gasteiger partial charge in [-0.15, -0.1) is 0 Å². The second-order valence-electron chi connectivity index (χ2n) is 4.15. The van der Waals surface area contributed by atoms with Crippen LogP contribution in [0.4, 0.5) is 13.2 Å². The molecule has 0 N–H and O–H groups in total. The van der Waals surface area contributed by atoms with Crippen LogP contribution in [0.3, 0.4) is 0 Å². The molecule has 1 heterocycles. The number of benzene rings is 2. The van der Waals surface area contributed by atoms with Gasteiger partial charge < -0.3 is 9.15 Å². The van der Waals surface area contributed by atoms with E-state index in [1.54, 1.807) is 18.2 Å². The molecule has 0 radical (unpaired) electrons. The Morgan fingerprint density at radius 1 is 1.05 bits per heavy atom. The molecule has 0 spiro atoms. The molecule has 0 unspecified atom stereocenters. The van der Waals surface area contributed by atoms with Gasteiger partial charge in [-0.05, 0) is 24.3 Å². The highest BCUT2D eigenvalue weighted by atomic mass is 19.4. The highest BCUT2D eigenvalue weighted by Gasteiger charge is 2.31. The molecule has 0 saturated heterocycles. The fourth-order valence-corrected chi connectivity index (χ4v) is 2.11. The Bertz CT molecular complexity index is 756.